The van der Waals surface area contributed by atoms with Crippen molar-refractivity contribution in [3.05, 3.63) is 41.7 Å². The van der Waals surface area contributed by atoms with Gasteiger partial charge in [0.05, 0.1) is 11.7 Å². The van der Waals surface area contributed by atoms with Gasteiger partial charge in [0, 0.05) is 36.5 Å². The number of nitrogens with one attached hydrogen (secondary N) is 2. The number of carbonyl (C=O) groups excluding carboxylic acids is 1. The Kier molecular flexibility index (Phi) is 2.20. The van der Waals surface area contributed by atoms with Crippen molar-refractivity contribution in [2.24, 2.45) is 7.05 Å². The van der Waals surface area contributed by atoms with Gasteiger partial charge in [-0.25, -0.2) is 0 Å². The molecule has 4 rings (SSSR count). The number of rotatable bonds is 1. The van der Waals surface area contributed by atoms with E-state index in [0.717, 1.165) is 22.0 Å². The minimum absolute atomic E-state index is 0.00547. The molecule has 0 radical (unpaired) electrons. The predicted octanol–water partition coefficient (Wildman–Crippen LogP) is 1.77. The Morgan fingerprint density at radius 1 is 1.40 bits per heavy atom. The second-order valence-corrected chi connectivity index (χ2v) is 5.13. The van der Waals surface area contributed by atoms with Crippen molar-refractivity contribution >= 4 is 22.6 Å². The fourth-order valence-corrected chi connectivity index (χ4v) is 2.81. The fraction of sp³-hybridized carbons (Fsp3) is 0.214. The number of hydrogen-bond donors (Lipinski definition) is 2. The zero-order valence-electron chi connectivity index (χ0n) is 10.9. The van der Waals surface area contributed by atoms with Crippen LogP contribution in [-0.4, -0.2) is 25.9 Å². The number of aryl methyl sites for hydroxylation is 1. The smallest absolute Gasteiger partial charge is 0.226 e. The molecule has 0 aliphatic carbocycles. The van der Waals surface area contributed by atoms with Crippen LogP contribution in [0.3, 0.4) is 0 Å². The van der Waals surface area contributed by atoms with Gasteiger partial charge in [-0.3, -0.25) is 14.6 Å². The first-order valence-electron chi connectivity index (χ1n) is 6.47. The van der Waals surface area contributed by atoms with Crippen molar-refractivity contribution in [2.45, 2.75) is 12.3 Å². The number of fused-ring (bicyclic) bond motifs is 2. The molecule has 0 saturated carbocycles. The average Bonchev–Trinajstić information content (AvgIpc) is 3.01. The minimum Gasteiger partial charge on any atom is -0.309 e. The number of carbonyl (C=O) groups is 1. The van der Waals surface area contributed by atoms with E-state index in [1.54, 1.807) is 10.9 Å². The average molecular weight is 267 g/mol. The van der Waals surface area contributed by atoms with E-state index in [1.807, 2.05) is 19.3 Å². The fourth-order valence-electron chi connectivity index (χ4n) is 2.81. The number of H-pyrrole nitrogens is 1. The lowest BCUT2D eigenvalue weighted by Crippen LogP contribution is -2.22. The van der Waals surface area contributed by atoms with Crippen LogP contribution in [0, 0.1) is 0 Å². The second kappa shape index (κ2) is 3.93. The van der Waals surface area contributed by atoms with Crippen LogP contribution in [0.25, 0.3) is 10.9 Å². The number of amides is 1. The molecule has 100 valence electrons. The third-order valence-corrected chi connectivity index (χ3v) is 3.75. The summed E-state index contributed by atoms with van der Waals surface area (Å²) in [6, 6.07) is 6.14. The maximum Gasteiger partial charge on any atom is 0.226 e. The Morgan fingerprint density at radius 3 is 3.20 bits per heavy atom. The normalized spacial score (nSPS) is 18.1. The molecule has 3 aromatic rings. The van der Waals surface area contributed by atoms with Gasteiger partial charge in [-0.1, -0.05) is 12.1 Å². The molecule has 2 aromatic heterocycles. The molecule has 1 aliphatic heterocycles. The van der Waals surface area contributed by atoms with Crippen LogP contribution in [-0.2, 0) is 11.8 Å². The molecule has 1 atom stereocenters. The van der Waals surface area contributed by atoms with E-state index in [2.05, 4.69) is 32.7 Å². The summed E-state index contributed by atoms with van der Waals surface area (Å²) in [6.07, 6.45) is 4.21. The Morgan fingerprint density at radius 2 is 2.30 bits per heavy atom. The molecular formula is C14H13N5O. The molecule has 1 aromatic carbocycles. The Bertz CT molecular complexity index is 816. The van der Waals surface area contributed by atoms with Crippen LogP contribution in [0.4, 0.5) is 5.82 Å². The van der Waals surface area contributed by atoms with Crippen LogP contribution >= 0.6 is 0 Å². The summed E-state index contributed by atoms with van der Waals surface area (Å²) >= 11 is 0. The van der Waals surface area contributed by atoms with Crippen LogP contribution in [0.1, 0.15) is 23.5 Å². The van der Waals surface area contributed by atoms with Gasteiger partial charge in [0.25, 0.3) is 0 Å². The standard InChI is InChI=1S/C14H13N5O/c1-19-7-11-10(5-13(20)16-14(11)18-19)8-2-3-9-6-15-17-12(9)4-8/h2-4,6-7,10H,5H2,1H3,(H,15,17)(H,16,18,20). The van der Waals surface area contributed by atoms with E-state index < -0.39 is 0 Å². The number of anilines is 1. The van der Waals surface area contributed by atoms with Crippen molar-refractivity contribution in [3.8, 4) is 0 Å². The summed E-state index contributed by atoms with van der Waals surface area (Å²) in [5.41, 5.74) is 3.15. The number of aromatic nitrogens is 4. The first-order chi connectivity index (χ1) is 9.70. The molecule has 6 heteroatoms. The lowest BCUT2D eigenvalue weighted by atomic mass is 9.87. The molecule has 20 heavy (non-hydrogen) atoms. The second-order valence-electron chi connectivity index (χ2n) is 5.13. The summed E-state index contributed by atoms with van der Waals surface area (Å²) in [4.78, 5) is 11.9. The zero-order valence-corrected chi connectivity index (χ0v) is 10.9. The highest BCUT2D eigenvalue weighted by atomic mass is 16.1. The summed E-state index contributed by atoms with van der Waals surface area (Å²) < 4.78 is 1.73. The molecule has 0 saturated heterocycles. The lowest BCUT2D eigenvalue weighted by molar-refractivity contribution is -0.116. The van der Waals surface area contributed by atoms with Crippen LogP contribution < -0.4 is 5.32 Å². The third kappa shape index (κ3) is 1.61. The molecule has 2 N–H and O–H groups in total. The van der Waals surface area contributed by atoms with E-state index in [0.29, 0.717) is 12.2 Å². The SMILES string of the molecule is Cn1cc2c(n1)NC(=O)CC2c1ccc2cn[nH]c2c1. The molecule has 1 aliphatic rings. The Balaban J connectivity index is 1.86. The molecule has 3 heterocycles. The highest BCUT2D eigenvalue weighted by Crippen LogP contribution is 2.36. The van der Waals surface area contributed by atoms with E-state index in [9.17, 15) is 4.79 Å². The number of nitrogens with zero attached hydrogens (tertiary/aromatic N) is 3. The van der Waals surface area contributed by atoms with Crippen molar-refractivity contribution < 1.29 is 4.79 Å². The topological polar surface area (TPSA) is 75.6 Å². The maximum atomic E-state index is 11.9. The third-order valence-electron chi connectivity index (χ3n) is 3.75. The van der Waals surface area contributed by atoms with Gasteiger partial charge in [-0.2, -0.15) is 10.2 Å². The van der Waals surface area contributed by atoms with Gasteiger partial charge in [0.1, 0.15) is 0 Å². The number of benzene rings is 1. The molecule has 0 bridgehead atoms. The largest absolute Gasteiger partial charge is 0.309 e. The first kappa shape index (κ1) is 11.2. The lowest BCUT2D eigenvalue weighted by Gasteiger charge is -2.21. The quantitative estimate of drug-likeness (QED) is 0.705. The molecule has 6 nitrogen and oxygen atoms in total. The van der Waals surface area contributed by atoms with Gasteiger partial charge in [-0.15, -0.1) is 0 Å². The molecular weight excluding hydrogens is 254 g/mol. The highest BCUT2D eigenvalue weighted by Gasteiger charge is 2.29. The first-order valence-corrected chi connectivity index (χ1v) is 6.47. The van der Waals surface area contributed by atoms with Gasteiger partial charge in [0.15, 0.2) is 5.82 Å². The minimum atomic E-state index is 0.00547. The van der Waals surface area contributed by atoms with Gasteiger partial charge in [0.2, 0.25) is 5.91 Å². The van der Waals surface area contributed by atoms with Gasteiger partial charge in [-0.05, 0) is 11.6 Å². The van der Waals surface area contributed by atoms with Gasteiger partial charge < -0.3 is 5.32 Å². The highest BCUT2D eigenvalue weighted by molar-refractivity contribution is 5.94. The monoisotopic (exact) mass is 267 g/mol. The molecule has 1 amide bonds. The van der Waals surface area contributed by atoms with E-state index in [4.69, 9.17) is 0 Å². The summed E-state index contributed by atoms with van der Waals surface area (Å²) in [5, 5.41) is 15.2. The van der Waals surface area contributed by atoms with E-state index >= 15 is 0 Å². The predicted molar refractivity (Wildman–Crippen MR) is 74.4 cm³/mol. The summed E-state index contributed by atoms with van der Waals surface area (Å²) in [5.74, 6) is 0.713. The molecule has 0 fully saturated rings. The number of hydrogen-bond acceptors (Lipinski definition) is 3. The zero-order chi connectivity index (χ0) is 13.7. The Labute approximate surface area is 114 Å². The van der Waals surface area contributed by atoms with Gasteiger partial charge >= 0.3 is 0 Å². The molecule has 0 spiro atoms. The maximum absolute atomic E-state index is 11.9. The Hall–Kier alpha value is -2.63. The van der Waals surface area contributed by atoms with E-state index in [-0.39, 0.29) is 11.8 Å². The summed E-state index contributed by atoms with van der Waals surface area (Å²) in [6.45, 7) is 0. The van der Waals surface area contributed by atoms with Crippen molar-refractivity contribution in [1.82, 2.24) is 20.0 Å². The van der Waals surface area contributed by atoms with Crippen LogP contribution in [0.5, 0.6) is 0 Å². The summed E-state index contributed by atoms with van der Waals surface area (Å²) in [7, 11) is 1.86. The van der Waals surface area contributed by atoms with Crippen LogP contribution in [0.2, 0.25) is 0 Å². The van der Waals surface area contributed by atoms with Crippen molar-refractivity contribution in [3.63, 3.8) is 0 Å². The van der Waals surface area contributed by atoms with E-state index in [1.165, 1.54) is 0 Å². The number of aromatic amines is 1. The molecule has 1 unspecified atom stereocenters. The van der Waals surface area contributed by atoms with Crippen LogP contribution in [0.15, 0.2) is 30.6 Å². The van der Waals surface area contributed by atoms with Crippen molar-refractivity contribution in [2.75, 3.05) is 5.32 Å². The van der Waals surface area contributed by atoms with Crippen molar-refractivity contribution in [1.29, 1.82) is 0 Å².